The van der Waals surface area contributed by atoms with Gasteiger partial charge >= 0.3 is 0 Å². The molecule has 0 spiro atoms. The number of sulfonamides is 1. The van der Waals surface area contributed by atoms with E-state index >= 15 is 0 Å². The Bertz CT molecular complexity index is 674. The lowest BCUT2D eigenvalue weighted by Crippen LogP contribution is -2.58. The van der Waals surface area contributed by atoms with Crippen molar-refractivity contribution in [3.63, 3.8) is 0 Å². The zero-order valence-electron chi connectivity index (χ0n) is 12.7. The molecule has 0 bridgehead atoms. The van der Waals surface area contributed by atoms with Crippen LogP contribution in [0.4, 0.5) is 0 Å². The Morgan fingerprint density at radius 1 is 1.09 bits per heavy atom. The van der Waals surface area contributed by atoms with Crippen molar-refractivity contribution in [1.29, 1.82) is 0 Å². The Labute approximate surface area is 131 Å². The molecular formula is C16H22N2O3S. The summed E-state index contributed by atoms with van der Waals surface area (Å²) in [6.45, 7) is 4.23. The first kappa shape index (κ1) is 14.6. The minimum Gasteiger partial charge on any atom is -0.378 e. The van der Waals surface area contributed by atoms with E-state index in [9.17, 15) is 8.42 Å². The zero-order valence-corrected chi connectivity index (χ0v) is 13.5. The Morgan fingerprint density at radius 3 is 2.86 bits per heavy atom. The summed E-state index contributed by atoms with van der Waals surface area (Å²) in [5, 5.41) is 0. The van der Waals surface area contributed by atoms with E-state index in [1.807, 2.05) is 12.1 Å². The average Bonchev–Trinajstić information content (AvgIpc) is 3.02. The topological polar surface area (TPSA) is 49.9 Å². The SMILES string of the molecule is O=S(=O)(c1ccc2c(c1)CCC2)N1CCN2CCOC[C@@H]2C1. The van der Waals surface area contributed by atoms with Gasteiger partial charge in [0.25, 0.3) is 0 Å². The van der Waals surface area contributed by atoms with Crippen molar-refractivity contribution in [3.8, 4) is 0 Å². The first-order valence-corrected chi connectivity index (χ1v) is 9.52. The van der Waals surface area contributed by atoms with E-state index in [0.29, 0.717) is 24.6 Å². The quantitative estimate of drug-likeness (QED) is 0.811. The highest BCUT2D eigenvalue weighted by Gasteiger charge is 2.35. The van der Waals surface area contributed by atoms with Gasteiger partial charge in [0.05, 0.1) is 18.1 Å². The molecular weight excluding hydrogens is 300 g/mol. The molecule has 1 atom stereocenters. The molecule has 5 nitrogen and oxygen atoms in total. The Balaban J connectivity index is 1.58. The lowest BCUT2D eigenvalue weighted by Gasteiger charge is -2.43. The largest absolute Gasteiger partial charge is 0.378 e. The van der Waals surface area contributed by atoms with Crippen LogP contribution in [0.5, 0.6) is 0 Å². The molecule has 1 aliphatic carbocycles. The summed E-state index contributed by atoms with van der Waals surface area (Å²) in [5.74, 6) is 0. The molecule has 120 valence electrons. The van der Waals surface area contributed by atoms with Gasteiger partial charge in [0.1, 0.15) is 0 Å². The van der Waals surface area contributed by atoms with Crippen molar-refractivity contribution in [2.75, 3.05) is 39.4 Å². The average molecular weight is 322 g/mol. The van der Waals surface area contributed by atoms with Crippen molar-refractivity contribution in [2.24, 2.45) is 0 Å². The molecule has 2 fully saturated rings. The third-order valence-electron chi connectivity index (χ3n) is 5.11. The van der Waals surface area contributed by atoms with Crippen LogP contribution in [0.3, 0.4) is 0 Å². The molecule has 22 heavy (non-hydrogen) atoms. The number of nitrogens with zero attached hydrogens (tertiary/aromatic N) is 2. The van der Waals surface area contributed by atoms with Crippen molar-refractivity contribution < 1.29 is 13.2 Å². The highest BCUT2D eigenvalue weighted by atomic mass is 32.2. The van der Waals surface area contributed by atoms with Gasteiger partial charge in [0, 0.05) is 32.2 Å². The number of fused-ring (bicyclic) bond motifs is 2. The van der Waals surface area contributed by atoms with E-state index in [2.05, 4.69) is 4.90 Å². The molecule has 0 saturated carbocycles. The predicted octanol–water partition coefficient (Wildman–Crippen LogP) is 0.880. The summed E-state index contributed by atoms with van der Waals surface area (Å²) in [4.78, 5) is 2.80. The highest BCUT2D eigenvalue weighted by Crippen LogP contribution is 2.27. The monoisotopic (exact) mass is 322 g/mol. The molecule has 0 unspecified atom stereocenters. The molecule has 2 heterocycles. The van der Waals surface area contributed by atoms with Gasteiger partial charge in [-0.3, -0.25) is 4.90 Å². The second-order valence-electron chi connectivity index (χ2n) is 6.41. The second-order valence-corrected chi connectivity index (χ2v) is 8.35. The molecule has 2 saturated heterocycles. The van der Waals surface area contributed by atoms with Crippen LogP contribution in [0.1, 0.15) is 17.5 Å². The first-order valence-electron chi connectivity index (χ1n) is 8.08. The predicted molar refractivity (Wildman–Crippen MR) is 83.4 cm³/mol. The second kappa shape index (κ2) is 5.60. The highest BCUT2D eigenvalue weighted by molar-refractivity contribution is 7.89. The number of ether oxygens (including phenoxy) is 1. The number of morpholine rings is 1. The maximum absolute atomic E-state index is 12.9. The van der Waals surface area contributed by atoms with Crippen LogP contribution < -0.4 is 0 Å². The number of hydrogen-bond acceptors (Lipinski definition) is 4. The van der Waals surface area contributed by atoms with Crippen LogP contribution in [0, 0.1) is 0 Å². The number of piperazine rings is 1. The lowest BCUT2D eigenvalue weighted by atomic mass is 10.1. The van der Waals surface area contributed by atoms with Gasteiger partial charge < -0.3 is 4.74 Å². The van der Waals surface area contributed by atoms with Crippen LogP contribution in [-0.4, -0.2) is 63.1 Å². The fourth-order valence-corrected chi connectivity index (χ4v) is 5.31. The molecule has 1 aromatic rings. The lowest BCUT2D eigenvalue weighted by molar-refractivity contribution is -0.0304. The summed E-state index contributed by atoms with van der Waals surface area (Å²) < 4.78 is 33.0. The van der Waals surface area contributed by atoms with Crippen molar-refractivity contribution in [3.05, 3.63) is 29.3 Å². The molecule has 0 aromatic heterocycles. The van der Waals surface area contributed by atoms with E-state index in [-0.39, 0.29) is 6.04 Å². The Kier molecular flexibility index (Phi) is 3.72. The van der Waals surface area contributed by atoms with E-state index in [0.717, 1.165) is 39.0 Å². The molecule has 3 aliphatic rings. The molecule has 6 heteroatoms. The van der Waals surface area contributed by atoms with E-state index in [4.69, 9.17) is 4.74 Å². The molecule has 2 aliphatic heterocycles. The standard InChI is InChI=1S/C16H22N2O3S/c19-22(20,16-5-4-13-2-1-3-14(13)10-16)18-7-6-17-8-9-21-12-15(17)11-18/h4-5,10,15H,1-3,6-9,11-12H2/t15-/m0/s1. The molecule has 4 rings (SSSR count). The summed E-state index contributed by atoms with van der Waals surface area (Å²) in [6.07, 6.45) is 3.22. The summed E-state index contributed by atoms with van der Waals surface area (Å²) in [5.41, 5.74) is 2.52. The third-order valence-corrected chi connectivity index (χ3v) is 6.97. The summed E-state index contributed by atoms with van der Waals surface area (Å²) in [6, 6.07) is 5.87. The minimum atomic E-state index is -3.38. The summed E-state index contributed by atoms with van der Waals surface area (Å²) >= 11 is 0. The first-order chi connectivity index (χ1) is 10.6. The van der Waals surface area contributed by atoms with Crippen LogP contribution in [0.25, 0.3) is 0 Å². The van der Waals surface area contributed by atoms with Crippen molar-refractivity contribution in [1.82, 2.24) is 9.21 Å². The summed E-state index contributed by atoms with van der Waals surface area (Å²) in [7, 11) is -3.38. The van der Waals surface area contributed by atoms with Crippen molar-refractivity contribution >= 4 is 10.0 Å². The van der Waals surface area contributed by atoms with Gasteiger partial charge in [-0.1, -0.05) is 6.07 Å². The third kappa shape index (κ3) is 2.48. The Morgan fingerprint density at radius 2 is 1.95 bits per heavy atom. The van der Waals surface area contributed by atoms with Crippen molar-refractivity contribution in [2.45, 2.75) is 30.2 Å². The van der Waals surface area contributed by atoms with E-state index in [1.165, 1.54) is 11.1 Å². The van der Waals surface area contributed by atoms with Gasteiger partial charge in [-0.05, 0) is 42.5 Å². The van der Waals surface area contributed by atoms with Gasteiger partial charge in [0.2, 0.25) is 10.0 Å². The Hall–Kier alpha value is -0.950. The van der Waals surface area contributed by atoms with Crippen LogP contribution in [0.15, 0.2) is 23.1 Å². The number of hydrogen-bond donors (Lipinski definition) is 0. The minimum absolute atomic E-state index is 0.201. The molecule has 1 aromatic carbocycles. The zero-order chi connectivity index (χ0) is 15.2. The maximum Gasteiger partial charge on any atom is 0.243 e. The van der Waals surface area contributed by atoms with E-state index < -0.39 is 10.0 Å². The number of benzene rings is 1. The fourth-order valence-electron chi connectivity index (χ4n) is 3.79. The molecule has 0 radical (unpaired) electrons. The van der Waals surface area contributed by atoms with Gasteiger partial charge in [0.15, 0.2) is 0 Å². The molecule has 0 amide bonds. The van der Waals surface area contributed by atoms with Gasteiger partial charge in [-0.2, -0.15) is 4.31 Å². The van der Waals surface area contributed by atoms with E-state index in [1.54, 1.807) is 10.4 Å². The van der Waals surface area contributed by atoms with Crippen LogP contribution >= 0.6 is 0 Å². The maximum atomic E-state index is 12.9. The van der Waals surface area contributed by atoms with Crippen LogP contribution in [-0.2, 0) is 27.6 Å². The van der Waals surface area contributed by atoms with Crippen LogP contribution in [0.2, 0.25) is 0 Å². The van der Waals surface area contributed by atoms with Gasteiger partial charge in [-0.15, -0.1) is 0 Å². The number of rotatable bonds is 2. The number of aryl methyl sites for hydroxylation is 2. The van der Waals surface area contributed by atoms with Gasteiger partial charge in [-0.25, -0.2) is 8.42 Å². The fraction of sp³-hybridized carbons (Fsp3) is 0.625. The molecule has 0 N–H and O–H groups in total. The normalized spacial score (nSPS) is 26.6. The smallest absolute Gasteiger partial charge is 0.243 e.